The predicted molar refractivity (Wildman–Crippen MR) is 166 cm³/mol. The van der Waals surface area contributed by atoms with E-state index in [0.717, 1.165) is 29.0 Å². The quantitative estimate of drug-likeness (QED) is 0.250. The average Bonchev–Trinajstić information content (AvgIpc) is 2.96. The maximum atomic E-state index is 13.6. The molecule has 0 amide bonds. The number of anilines is 2. The summed E-state index contributed by atoms with van der Waals surface area (Å²) in [6, 6.07) is 12.8. The highest BCUT2D eigenvalue weighted by molar-refractivity contribution is 7.92. The van der Waals surface area contributed by atoms with Crippen molar-refractivity contribution in [1.29, 1.82) is 0 Å². The molecule has 0 radical (unpaired) electrons. The molecule has 4 bridgehead atoms. The molecule has 0 spiro atoms. The van der Waals surface area contributed by atoms with E-state index < -0.39 is 33.9 Å². The zero-order valence-electron chi connectivity index (χ0n) is 25.9. The van der Waals surface area contributed by atoms with Gasteiger partial charge in [-0.05, 0) is 61.1 Å². The normalized spacial score (nSPS) is 16.8. The van der Waals surface area contributed by atoms with Gasteiger partial charge in [0.05, 0.1) is 28.7 Å². The summed E-state index contributed by atoms with van der Waals surface area (Å²) in [5, 5.41) is 0. The number of halogens is 3. The molecule has 1 N–H and O–H groups in total. The lowest BCUT2D eigenvalue weighted by molar-refractivity contribution is -0.141. The fourth-order valence-corrected chi connectivity index (χ4v) is 6.34. The molecule has 10 nitrogen and oxygen atoms in total. The Bertz CT molecular complexity index is 1870. The fraction of sp³-hybridized carbons (Fsp3) is 0.344. The predicted octanol–water partition coefficient (Wildman–Crippen LogP) is 6.35. The number of carbonyl (C=O) groups is 1. The first-order valence-electron chi connectivity index (χ1n) is 14.4. The van der Waals surface area contributed by atoms with Crippen molar-refractivity contribution in [3.05, 3.63) is 89.0 Å². The minimum absolute atomic E-state index is 0.00763. The van der Waals surface area contributed by atoms with E-state index in [1.807, 2.05) is 52.8 Å². The smallest absolute Gasteiger partial charge is 0.433 e. The molecule has 2 aromatic heterocycles. The number of benzene rings is 2. The molecule has 4 aromatic rings. The molecule has 1 atom stereocenters. The zero-order valence-corrected chi connectivity index (χ0v) is 26.7. The van der Waals surface area contributed by atoms with E-state index in [2.05, 4.69) is 24.7 Å². The van der Waals surface area contributed by atoms with Crippen LogP contribution >= 0.6 is 0 Å². The first kappa shape index (κ1) is 32.8. The molecular weight excluding hydrogens is 621 g/mol. The Morgan fingerprint density at radius 1 is 0.978 bits per heavy atom. The molecule has 0 fully saturated rings. The van der Waals surface area contributed by atoms with Crippen LogP contribution in [-0.4, -0.2) is 47.0 Å². The van der Waals surface area contributed by atoms with Gasteiger partial charge in [-0.25, -0.2) is 32.9 Å². The number of carbonyl (C=O) groups excluding carboxylic acids is 1. The molecule has 0 aliphatic carbocycles. The van der Waals surface area contributed by atoms with Crippen LogP contribution < -0.4 is 9.62 Å². The van der Waals surface area contributed by atoms with E-state index in [4.69, 9.17) is 4.74 Å². The Balaban J connectivity index is 1.77. The Kier molecular flexibility index (Phi) is 8.77. The second kappa shape index (κ2) is 12.3. The van der Waals surface area contributed by atoms with Gasteiger partial charge in [0.25, 0.3) is 10.0 Å². The minimum atomic E-state index is -4.71. The molecule has 242 valence electrons. The third-order valence-corrected chi connectivity index (χ3v) is 8.68. The van der Waals surface area contributed by atoms with Gasteiger partial charge < -0.3 is 9.64 Å². The number of rotatable bonds is 4. The summed E-state index contributed by atoms with van der Waals surface area (Å²) >= 11 is 0. The summed E-state index contributed by atoms with van der Waals surface area (Å²) in [5.41, 5.74) is 1.36. The van der Waals surface area contributed by atoms with E-state index in [-0.39, 0.29) is 46.6 Å². The second-order valence-corrected chi connectivity index (χ2v) is 14.0. The van der Waals surface area contributed by atoms with Crippen LogP contribution in [0.3, 0.4) is 0 Å². The van der Waals surface area contributed by atoms with Crippen molar-refractivity contribution in [3.8, 4) is 11.3 Å². The SMILES string of the molecule is Cc1cccc(C)c1-c1cc2nc(n1)NS(=O)(=O)c1cccc(c1)C(=O)OC[C@@H](CC(C)(C)C)N2Cc1nccc(C(F)(F)F)n1. The summed E-state index contributed by atoms with van der Waals surface area (Å²) in [7, 11) is -4.29. The number of ether oxygens (including phenoxy) is 1. The van der Waals surface area contributed by atoms with E-state index in [0.29, 0.717) is 12.1 Å². The van der Waals surface area contributed by atoms with Gasteiger partial charge in [0.15, 0.2) is 0 Å². The topological polar surface area (TPSA) is 127 Å². The van der Waals surface area contributed by atoms with Crippen LogP contribution in [0.4, 0.5) is 24.9 Å². The number of aryl methyl sites for hydroxylation is 2. The third kappa shape index (κ3) is 7.44. The van der Waals surface area contributed by atoms with E-state index in [9.17, 15) is 26.4 Å². The highest BCUT2D eigenvalue weighted by Crippen LogP contribution is 2.34. The van der Waals surface area contributed by atoms with Crippen molar-refractivity contribution >= 4 is 27.8 Å². The maximum absolute atomic E-state index is 13.6. The number of hydrogen-bond acceptors (Lipinski definition) is 9. The van der Waals surface area contributed by atoms with Crippen molar-refractivity contribution in [3.63, 3.8) is 0 Å². The Hall–Kier alpha value is -4.59. The minimum Gasteiger partial charge on any atom is -0.460 e. The van der Waals surface area contributed by atoms with Crippen LogP contribution in [0.2, 0.25) is 0 Å². The van der Waals surface area contributed by atoms with E-state index in [1.54, 1.807) is 11.0 Å². The van der Waals surface area contributed by atoms with Crippen molar-refractivity contribution in [2.75, 3.05) is 16.2 Å². The first-order chi connectivity index (χ1) is 21.5. The highest BCUT2D eigenvalue weighted by atomic mass is 32.2. The maximum Gasteiger partial charge on any atom is 0.433 e. The van der Waals surface area contributed by atoms with Crippen LogP contribution in [0, 0.1) is 19.3 Å². The summed E-state index contributed by atoms with van der Waals surface area (Å²) in [6.45, 7) is 9.22. The zero-order chi connectivity index (χ0) is 33.4. The Labute approximate surface area is 265 Å². The van der Waals surface area contributed by atoms with Crippen LogP contribution in [0.5, 0.6) is 0 Å². The average molecular weight is 655 g/mol. The van der Waals surface area contributed by atoms with Crippen molar-refractivity contribution < 1.29 is 31.1 Å². The summed E-state index contributed by atoms with van der Waals surface area (Å²) in [6.07, 6.45) is -3.29. The Morgan fingerprint density at radius 2 is 1.67 bits per heavy atom. The van der Waals surface area contributed by atoms with Crippen molar-refractivity contribution in [2.24, 2.45) is 5.41 Å². The van der Waals surface area contributed by atoms with Gasteiger partial charge in [0, 0.05) is 17.8 Å². The molecule has 0 saturated carbocycles. The molecular formula is C32H33F3N6O4S. The molecule has 3 heterocycles. The molecule has 46 heavy (non-hydrogen) atoms. The van der Waals surface area contributed by atoms with Crippen LogP contribution in [0.1, 0.15) is 60.2 Å². The van der Waals surface area contributed by atoms with Gasteiger partial charge in [-0.15, -0.1) is 0 Å². The van der Waals surface area contributed by atoms with Crippen molar-refractivity contribution in [1.82, 2.24) is 19.9 Å². The standard InChI is InChI=1S/C32H33F3N6O4S/c1-19-8-6-9-20(2)28(19)24-15-27-39-30(37-24)40-46(43,44)23-11-7-10-21(14-23)29(42)45-18-22(16-31(3,4)5)41(27)17-26-36-13-12-25(38-26)32(33,34)35/h6-15,22H,16-18H2,1-5H3,(H,37,39,40)/t22-/m1/s1. The lowest BCUT2D eigenvalue weighted by atomic mass is 9.87. The number of sulfonamides is 1. The molecule has 0 saturated heterocycles. The van der Waals surface area contributed by atoms with Gasteiger partial charge in [0.1, 0.15) is 23.9 Å². The monoisotopic (exact) mass is 654 g/mol. The number of nitrogens with one attached hydrogen (secondary N) is 1. The largest absolute Gasteiger partial charge is 0.460 e. The highest BCUT2D eigenvalue weighted by Gasteiger charge is 2.34. The third-order valence-electron chi connectivity index (χ3n) is 7.35. The van der Waals surface area contributed by atoms with Gasteiger partial charge >= 0.3 is 12.1 Å². The number of esters is 1. The Morgan fingerprint density at radius 3 is 2.35 bits per heavy atom. The number of cyclic esters (lactones) is 1. The number of nitrogens with zero attached hydrogens (tertiary/aromatic N) is 5. The lowest BCUT2D eigenvalue weighted by Crippen LogP contribution is -2.42. The van der Waals surface area contributed by atoms with Gasteiger partial charge in [-0.3, -0.25) is 0 Å². The van der Waals surface area contributed by atoms with E-state index in [1.165, 1.54) is 24.3 Å². The summed E-state index contributed by atoms with van der Waals surface area (Å²) in [4.78, 5) is 31.7. The molecule has 1 aliphatic heterocycles. The molecule has 0 unspecified atom stereocenters. The number of fused-ring (bicyclic) bond motifs is 4. The first-order valence-corrected chi connectivity index (χ1v) is 15.9. The van der Waals surface area contributed by atoms with Crippen molar-refractivity contribution in [2.45, 2.75) is 64.7 Å². The number of hydrogen-bond donors (Lipinski definition) is 1. The number of aromatic nitrogens is 4. The van der Waals surface area contributed by atoms with Gasteiger partial charge in [-0.2, -0.15) is 18.2 Å². The van der Waals surface area contributed by atoms with Crippen LogP contribution in [-0.2, 0) is 27.5 Å². The van der Waals surface area contributed by atoms with Crippen LogP contribution in [0.15, 0.2) is 65.7 Å². The molecule has 5 rings (SSSR count). The second-order valence-electron chi connectivity index (χ2n) is 12.3. The molecule has 1 aliphatic rings. The van der Waals surface area contributed by atoms with Gasteiger partial charge in [0.2, 0.25) is 5.95 Å². The lowest BCUT2D eigenvalue weighted by Gasteiger charge is -2.36. The van der Waals surface area contributed by atoms with Gasteiger partial charge in [-0.1, -0.05) is 45.0 Å². The molecule has 2 aromatic carbocycles. The fourth-order valence-electron chi connectivity index (χ4n) is 5.35. The summed E-state index contributed by atoms with van der Waals surface area (Å²) < 4.78 is 76.1. The van der Waals surface area contributed by atoms with Crippen LogP contribution in [0.25, 0.3) is 11.3 Å². The number of alkyl halides is 3. The van der Waals surface area contributed by atoms with E-state index >= 15 is 0 Å². The summed E-state index contributed by atoms with van der Waals surface area (Å²) in [5.74, 6) is -1.02. The molecule has 14 heteroatoms.